The quantitative estimate of drug-likeness (QED) is 0.877. The lowest BCUT2D eigenvalue weighted by Gasteiger charge is -2.19. The Bertz CT molecular complexity index is 594. The predicted octanol–water partition coefficient (Wildman–Crippen LogP) is 3.29. The van der Waals surface area contributed by atoms with Gasteiger partial charge in [0.05, 0.1) is 5.00 Å². The summed E-state index contributed by atoms with van der Waals surface area (Å²) in [6.45, 7) is 3.97. The summed E-state index contributed by atoms with van der Waals surface area (Å²) in [6.07, 6.45) is 1.62. The van der Waals surface area contributed by atoms with Crippen LogP contribution in [0.15, 0.2) is 60.5 Å². The Labute approximate surface area is 121 Å². The first-order chi connectivity index (χ1) is 9.72. The first-order valence-corrected chi connectivity index (χ1v) is 6.92. The van der Waals surface area contributed by atoms with Crippen molar-refractivity contribution in [3.63, 3.8) is 0 Å². The average Bonchev–Trinajstić information content (AvgIpc) is 2.99. The van der Waals surface area contributed by atoms with Crippen LogP contribution in [-0.4, -0.2) is 18.5 Å². The van der Waals surface area contributed by atoms with Crippen LogP contribution in [0.25, 0.3) is 0 Å². The molecule has 5 heteroatoms. The molecule has 2 aromatic rings. The average molecular weight is 286 g/mol. The third-order valence-corrected chi connectivity index (χ3v) is 3.48. The van der Waals surface area contributed by atoms with Crippen molar-refractivity contribution in [1.82, 2.24) is 5.32 Å². The first-order valence-electron chi connectivity index (χ1n) is 6.04. The summed E-state index contributed by atoms with van der Waals surface area (Å²) >= 11 is 1.43. The standard InChI is InChI=1S/C15H14N2O2S/c1-2-10-17(13-9-6-11-20-13)15(19)16-14(18)12-7-4-3-5-8-12/h2-9,11H,1,10H2,(H,16,18,19). The minimum Gasteiger partial charge on any atom is -0.281 e. The highest BCUT2D eigenvalue weighted by Gasteiger charge is 2.18. The maximum Gasteiger partial charge on any atom is 0.329 e. The van der Waals surface area contributed by atoms with Gasteiger partial charge in [0.2, 0.25) is 0 Å². The van der Waals surface area contributed by atoms with E-state index >= 15 is 0 Å². The number of benzene rings is 1. The van der Waals surface area contributed by atoms with E-state index < -0.39 is 11.9 Å². The molecule has 3 amide bonds. The van der Waals surface area contributed by atoms with E-state index in [0.29, 0.717) is 12.1 Å². The van der Waals surface area contributed by atoms with Crippen molar-refractivity contribution in [2.24, 2.45) is 0 Å². The molecule has 4 nitrogen and oxygen atoms in total. The highest BCUT2D eigenvalue weighted by Crippen LogP contribution is 2.21. The minimum absolute atomic E-state index is 0.342. The highest BCUT2D eigenvalue weighted by atomic mass is 32.1. The van der Waals surface area contributed by atoms with E-state index in [1.165, 1.54) is 16.2 Å². The summed E-state index contributed by atoms with van der Waals surface area (Å²) in [7, 11) is 0. The van der Waals surface area contributed by atoms with E-state index in [9.17, 15) is 9.59 Å². The second kappa shape index (κ2) is 6.68. The smallest absolute Gasteiger partial charge is 0.281 e. The van der Waals surface area contributed by atoms with Gasteiger partial charge in [0.1, 0.15) is 0 Å². The molecule has 1 aromatic heterocycles. The lowest BCUT2D eigenvalue weighted by molar-refractivity contribution is 0.0965. The van der Waals surface area contributed by atoms with Gasteiger partial charge < -0.3 is 0 Å². The Kier molecular flexibility index (Phi) is 4.68. The Hall–Kier alpha value is -2.40. The zero-order valence-electron chi connectivity index (χ0n) is 10.8. The van der Waals surface area contributed by atoms with E-state index in [1.807, 2.05) is 23.6 Å². The molecule has 102 valence electrons. The largest absolute Gasteiger partial charge is 0.329 e. The van der Waals surface area contributed by atoms with Crippen molar-refractivity contribution >= 4 is 28.3 Å². The summed E-state index contributed by atoms with van der Waals surface area (Å²) in [6, 6.07) is 11.8. The molecular formula is C15H14N2O2S. The van der Waals surface area contributed by atoms with E-state index in [4.69, 9.17) is 0 Å². The molecule has 0 radical (unpaired) electrons. The van der Waals surface area contributed by atoms with Gasteiger partial charge in [-0.3, -0.25) is 15.0 Å². The fraction of sp³-hybridized carbons (Fsp3) is 0.0667. The fourth-order valence-corrected chi connectivity index (χ4v) is 2.39. The molecule has 0 saturated carbocycles. The van der Waals surface area contributed by atoms with Crippen LogP contribution in [0.3, 0.4) is 0 Å². The summed E-state index contributed by atoms with van der Waals surface area (Å²) in [5, 5.41) is 5.02. The lowest BCUT2D eigenvalue weighted by atomic mass is 10.2. The molecule has 0 aliphatic rings. The SMILES string of the molecule is C=CCN(C(=O)NC(=O)c1ccccc1)c1cccs1. The molecular weight excluding hydrogens is 272 g/mol. The molecule has 1 heterocycles. The minimum atomic E-state index is -0.457. The number of nitrogens with zero attached hydrogens (tertiary/aromatic N) is 1. The monoisotopic (exact) mass is 286 g/mol. The number of hydrogen-bond acceptors (Lipinski definition) is 3. The van der Waals surface area contributed by atoms with Gasteiger partial charge in [-0.1, -0.05) is 24.3 Å². The third kappa shape index (κ3) is 3.33. The van der Waals surface area contributed by atoms with Crippen LogP contribution in [0.1, 0.15) is 10.4 Å². The normalized spacial score (nSPS) is 9.80. The number of carbonyl (C=O) groups is 2. The van der Waals surface area contributed by atoms with Crippen molar-refractivity contribution < 1.29 is 9.59 Å². The van der Waals surface area contributed by atoms with E-state index in [0.717, 1.165) is 5.00 Å². The van der Waals surface area contributed by atoms with Crippen molar-refractivity contribution in [1.29, 1.82) is 0 Å². The second-order valence-electron chi connectivity index (χ2n) is 3.98. The van der Waals surface area contributed by atoms with E-state index in [-0.39, 0.29) is 0 Å². The summed E-state index contributed by atoms with van der Waals surface area (Å²) < 4.78 is 0. The number of carbonyl (C=O) groups excluding carboxylic acids is 2. The molecule has 0 spiro atoms. The second-order valence-corrected chi connectivity index (χ2v) is 4.90. The van der Waals surface area contributed by atoms with Crippen molar-refractivity contribution in [2.45, 2.75) is 0 Å². The number of amides is 3. The Morgan fingerprint density at radius 2 is 1.95 bits per heavy atom. The Morgan fingerprint density at radius 3 is 2.55 bits per heavy atom. The van der Waals surface area contributed by atoms with Gasteiger partial charge in [0.15, 0.2) is 0 Å². The summed E-state index contributed by atoms with van der Waals surface area (Å²) in [4.78, 5) is 25.6. The van der Waals surface area contributed by atoms with Crippen LogP contribution in [0, 0.1) is 0 Å². The van der Waals surface area contributed by atoms with Crippen LogP contribution < -0.4 is 10.2 Å². The van der Waals surface area contributed by atoms with Gasteiger partial charge in [-0.25, -0.2) is 4.79 Å². The zero-order valence-corrected chi connectivity index (χ0v) is 11.6. The predicted molar refractivity (Wildman–Crippen MR) is 81.2 cm³/mol. The fourth-order valence-electron chi connectivity index (χ4n) is 1.65. The highest BCUT2D eigenvalue weighted by molar-refractivity contribution is 7.14. The molecule has 0 bridgehead atoms. The summed E-state index contributed by atoms with van der Waals surface area (Å²) in [5.41, 5.74) is 0.450. The number of nitrogens with one attached hydrogen (secondary N) is 1. The van der Waals surface area contributed by atoms with E-state index in [1.54, 1.807) is 30.3 Å². The van der Waals surface area contributed by atoms with Crippen LogP contribution in [0.4, 0.5) is 9.80 Å². The van der Waals surface area contributed by atoms with Gasteiger partial charge in [-0.2, -0.15) is 0 Å². The van der Waals surface area contributed by atoms with Crippen molar-refractivity contribution in [3.05, 3.63) is 66.1 Å². The van der Waals surface area contributed by atoms with Gasteiger partial charge >= 0.3 is 6.03 Å². The molecule has 20 heavy (non-hydrogen) atoms. The van der Waals surface area contributed by atoms with Crippen LogP contribution >= 0.6 is 11.3 Å². The Balaban J connectivity index is 2.09. The van der Waals surface area contributed by atoms with Crippen molar-refractivity contribution in [2.75, 3.05) is 11.4 Å². The maximum absolute atomic E-state index is 12.2. The van der Waals surface area contributed by atoms with Crippen LogP contribution in [-0.2, 0) is 0 Å². The molecule has 0 unspecified atom stereocenters. The van der Waals surface area contributed by atoms with Crippen molar-refractivity contribution in [3.8, 4) is 0 Å². The Morgan fingerprint density at radius 1 is 1.20 bits per heavy atom. The van der Waals surface area contributed by atoms with Crippen LogP contribution in [0.2, 0.25) is 0 Å². The number of imide groups is 1. The van der Waals surface area contributed by atoms with Gasteiger partial charge in [-0.15, -0.1) is 17.9 Å². The molecule has 1 aromatic carbocycles. The molecule has 2 rings (SSSR count). The number of hydrogen-bond donors (Lipinski definition) is 1. The van der Waals surface area contributed by atoms with Gasteiger partial charge in [-0.05, 0) is 29.6 Å². The lowest BCUT2D eigenvalue weighted by Crippen LogP contribution is -2.42. The third-order valence-electron chi connectivity index (χ3n) is 2.59. The molecule has 1 N–H and O–H groups in total. The number of thiophene rings is 1. The maximum atomic E-state index is 12.2. The molecule has 0 aliphatic heterocycles. The number of anilines is 1. The molecule has 0 aliphatic carbocycles. The van der Waals surface area contributed by atoms with Crippen LogP contribution in [0.5, 0.6) is 0 Å². The summed E-state index contributed by atoms with van der Waals surface area (Å²) in [5.74, 6) is -0.416. The zero-order chi connectivity index (χ0) is 14.4. The first kappa shape index (κ1) is 14.0. The number of rotatable bonds is 4. The number of urea groups is 1. The topological polar surface area (TPSA) is 49.4 Å². The molecule has 0 fully saturated rings. The van der Waals surface area contributed by atoms with E-state index in [2.05, 4.69) is 11.9 Å². The van der Waals surface area contributed by atoms with Gasteiger partial charge in [0.25, 0.3) is 5.91 Å². The molecule has 0 atom stereocenters. The van der Waals surface area contributed by atoms with Gasteiger partial charge in [0, 0.05) is 12.1 Å². The molecule has 0 saturated heterocycles.